The van der Waals surface area contributed by atoms with E-state index >= 15 is 0 Å². The summed E-state index contributed by atoms with van der Waals surface area (Å²) in [6, 6.07) is 16.6. The summed E-state index contributed by atoms with van der Waals surface area (Å²) in [5, 5.41) is 5.17. The topological polar surface area (TPSA) is 78.3 Å². The van der Waals surface area contributed by atoms with E-state index in [9.17, 15) is 14.4 Å². The maximum atomic E-state index is 13.2. The number of Topliss-reactive ketones (excluding diaryl/α,β-unsaturated/α-hetero) is 1. The first-order chi connectivity index (χ1) is 14.7. The molecule has 2 atom stereocenters. The molecule has 0 bridgehead atoms. The standard InChI is InChI=1S/C25H24N2O4/c1-25(2,3)31-24(30)27-21-12-8-7-11-18(21)20(26-27)15-19-22(28)14-13-17(23(19)29)16-9-5-4-6-10-16/h4-14,17,19H,15H2,1-3H3. The van der Waals surface area contributed by atoms with Gasteiger partial charge in [-0.1, -0.05) is 54.6 Å². The Labute approximate surface area is 180 Å². The number of hydrogen-bond acceptors (Lipinski definition) is 5. The van der Waals surface area contributed by atoms with Gasteiger partial charge in [0, 0.05) is 11.8 Å². The zero-order valence-corrected chi connectivity index (χ0v) is 17.7. The van der Waals surface area contributed by atoms with Crippen LogP contribution in [0.15, 0.2) is 66.7 Å². The van der Waals surface area contributed by atoms with E-state index < -0.39 is 23.5 Å². The number of carbonyl (C=O) groups is 3. The number of carbonyl (C=O) groups excluding carboxylic acids is 3. The Kier molecular flexibility index (Phi) is 5.31. The molecule has 1 heterocycles. The van der Waals surface area contributed by atoms with Crippen LogP contribution in [0.5, 0.6) is 0 Å². The molecular weight excluding hydrogens is 392 g/mol. The van der Waals surface area contributed by atoms with Crippen LogP contribution in [0.2, 0.25) is 0 Å². The second kappa shape index (κ2) is 7.95. The average molecular weight is 416 g/mol. The molecule has 0 radical (unpaired) electrons. The van der Waals surface area contributed by atoms with Crippen LogP contribution < -0.4 is 0 Å². The van der Waals surface area contributed by atoms with Gasteiger partial charge < -0.3 is 4.74 Å². The van der Waals surface area contributed by atoms with Crippen molar-refractivity contribution >= 4 is 28.6 Å². The molecule has 1 aliphatic rings. The van der Waals surface area contributed by atoms with Gasteiger partial charge in [0.15, 0.2) is 11.6 Å². The van der Waals surface area contributed by atoms with Gasteiger partial charge in [0.2, 0.25) is 0 Å². The lowest BCUT2D eigenvalue weighted by molar-refractivity contribution is -0.131. The van der Waals surface area contributed by atoms with Gasteiger partial charge in [-0.2, -0.15) is 9.78 Å². The number of rotatable bonds is 3. The third-order valence-corrected chi connectivity index (χ3v) is 5.23. The van der Waals surface area contributed by atoms with E-state index in [-0.39, 0.29) is 18.0 Å². The van der Waals surface area contributed by atoms with Crippen molar-refractivity contribution < 1.29 is 19.1 Å². The Balaban J connectivity index is 1.68. The van der Waals surface area contributed by atoms with Crippen molar-refractivity contribution in [1.29, 1.82) is 0 Å². The van der Waals surface area contributed by atoms with Crippen molar-refractivity contribution in [2.45, 2.75) is 38.7 Å². The number of allylic oxidation sites excluding steroid dienone is 2. The van der Waals surface area contributed by atoms with Crippen LogP contribution in [0.3, 0.4) is 0 Å². The molecule has 2 aromatic carbocycles. The van der Waals surface area contributed by atoms with Crippen molar-refractivity contribution in [2.24, 2.45) is 5.92 Å². The minimum Gasteiger partial charge on any atom is -0.442 e. The Morgan fingerprint density at radius 2 is 1.71 bits per heavy atom. The van der Waals surface area contributed by atoms with Gasteiger partial charge in [-0.3, -0.25) is 9.59 Å². The van der Waals surface area contributed by atoms with E-state index in [0.29, 0.717) is 11.2 Å². The van der Waals surface area contributed by atoms with Crippen molar-refractivity contribution in [3.63, 3.8) is 0 Å². The monoisotopic (exact) mass is 416 g/mol. The molecule has 4 rings (SSSR count). The zero-order chi connectivity index (χ0) is 22.2. The summed E-state index contributed by atoms with van der Waals surface area (Å²) in [4.78, 5) is 38.5. The van der Waals surface area contributed by atoms with Crippen LogP contribution in [0.25, 0.3) is 10.9 Å². The quantitative estimate of drug-likeness (QED) is 0.589. The maximum Gasteiger partial charge on any atom is 0.435 e. The van der Waals surface area contributed by atoms with Crippen molar-refractivity contribution in [2.75, 3.05) is 0 Å². The van der Waals surface area contributed by atoms with Gasteiger partial charge in [-0.25, -0.2) is 4.79 Å². The Morgan fingerprint density at radius 1 is 1.03 bits per heavy atom. The Bertz CT molecular complexity index is 1190. The minimum atomic E-state index is -0.847. The predicted octanol–water partition coefficient (Wildman–Crippen LogP) is 4.47. The molecule has 0 spiro atoms. The van der Waals surface area contributed by atoms with E-state index in [4.69, 9.17) is 4.74 Å². The maximum absolute atomic E-state index is 13.2. The van der Waals surface area contributed by atoms with Gasteiger partial charge in [0.1, 0.15) is 5.60 Å². The average Bonchev–Trinajstić information content (AvgIpc) is 3.09. The normalized spacial score (nSPS) is 19.1. The molecule has 3 aromatic rings. The van der Waals surface area contributed by atoms with Crippen LogP contribution in [-0.2, 0) is 20.7 Å². The van der Waals surface area contributed by atoms with Crippen molar-refractivity contribution in [3.05, 3.63) is 78.0 Å². The first-order valence-corrected chi connectivity index (χ1v) is 10.3. The molecule has 2 unspecified atom stereocenters. The van der Waals surface area contributed by atoms with Crippen molar-refractivity contribution in [1.82, 2.24) is 9.78 Å². The first-order valence-electron chi connectivity index (χ1n) is 10.3. The van der Waals surface area contributed by atoms with Crippen LogP contribution >= 0.6 is 0 Å². The molecule has 0 saturated heterocycles. The van der Waals surface area contributed by atoms with Crippen LogP contribution in [-0.4, -0.2) is 33.0 Å². The number of ketones is 2. The summed E-state index contributed by atoms with van der Waals surface area (Å²) in [5.74, 6) is -1.72. The molecule has 0 fully saturated rings. The minimum absolute atomic E-state index is 0.127. The predicted molar refractivity (Wildman–Crippen MR) is 117 cm³/mol. The molecule has 6 heteroatoms. The molecule has 0 N–H and O–H groups in total. The summed E-state index contributed by atoms with van der Waals surface area (Å²) in [6.07, 6.45) is 2.67. The summed E-state index contributed by atoms with van der Waals surface area (Å²) in [5.41, 5.74) is 1.28. The number of aromatic nitrogens is 2. The number of ether oxygens (including phenoxy) is 1. The van der Waals surface area contributed by atoms with Crippen LogP contribution in [0, 0.1) is 5.92 Å². The summed E-state index contributed by atoms with van der Waals surface area (Å²) in [6.45, 7) is 5.35. The van der Waals surface area contributed by atoms with E-state index in [2.05, 4.69) is 5.10 Å². The summed E-state index contributed by atoms with van der Waals surface area (Å²) < 4.78 is 6.68. The number of benzene rings is 2. The van der Waals surface area contributed by atoms with Crippen molar-refractivity contribution in [3.8, 4) is 0 Å². The van der Waals surface area contributed by atoms with E-state index in [0.717, 1.165) is 10.9 Å². The smallest absolute Gasteiger partial charge is 0.435 e. The summed E-state index contributed by atoms with van der Waals surface area (Å²) >= 11 is 0. The third-order valence-electron chi connectivity index (χ3n) is 5.23. The second-order valence-electron chi connectivity index (χ2n) is 8.66. The Morgan fingerprint density at radius 3 is 2.42 bits per heavy atom. The highest BCUT2D eigenvalue weighted by atomic mass is 16.6. The Hall–Kier alpha value is -3.54. The lowest BCUT2D eigenvalue weighted by Crippen LogP contribution is -2.33. The summed E-state index contributed by atoms with van der Waals surface area (Å²) in [7, 11) is 0. The molecule has 1 aliphatic carbocycles. The number of hydrogen-bond donors (Lipinski definition) is 0. The first kappa shape index (κ1) is 20.7. The largest absolute Gasteiger partial charge is 0.442 e. The molecule has 31 heavy (non-hydrogen) atoms. The molecule has 6 nitrogen and oxygen atoms in total. The fourth-order valence-electron chi connectivity index (χ4n) is 3.82. The van der Waals surface area contributed by atoms with E-state index in [1.54, 1.807) is 39.0 Å². The van der Waals surface area contributed by atoms with Gasteiger partial charge in [-0.15, -0.1) is 0 Å². The van der Waals surface area contributed by atoms with Crippen LogP contribution in [0.4, 0.5) is 4.79 Å². The molecule has 0 aliphatic heterocycles. The SMILES string of the molecule is CC(C)(C)OC(=O)n1nc(CC2C(=O)C=CC(c3ccccc3)C2=O)c2ccccc21. The third kappa shape index (κ3) is 4.19. The fourth-order valence-corrected chi connectivity index (χ4v) is 3.82. The van der Waals surface area contributed by atoms with E-state index in [1.807, 2.05) is 42.5 Å². The number of para-hydroxylation sites is 1. The highest BCUT2D eigenvalue weighted by Crippen LogP contribution is 2.30. The van der Waals surface area contributed by atoms with Gasteiger partial charge >= 0.3 is 6.09 Å². The van der Waals surface area contributed by atoms with E-state index in [1.165, 1.54) is 10.8 Å². The second-order valence-corrected chi connectivity index (χ2v) is 8.66. The fraction of sp³-hybridized carbons (Fsp3) is 0.280. The zero-order valence-electron chi connectivity index (χ0n) is 17.7. The molecule has 1 aromatic heterocycles. The highest BCUT2D eigenvalue weighted by molar-refractivity contribution is 6.13. The highest BCUT2D eigenvalue weighted by Gasteiger charge is 2.35. The molecule has 0 amide bonds. The number of fused-ring (bicyclic) bond motifs is 1. The van der Waals surface area contributed by atoms with Crippen LogP contribution in [0.1, 0.15) is 37.9 Å². The van der Waals surface area contributed by atoms with Gasteiger partial charge in [0.25, 0.3) is 0 Å². The lowest BCUT2D eigenvalue weighted by Gasteiger charge is -2.22. The molecule has 0 saturated carbocycles. The number of nitrogens with zero attached hydrogens (tertiary/aromatic N) is 2. The molecule has 158 valence electrons. The van der Waals surface area contributed by atoms with Gasteiger partial charge in [-0.05, 0) is 38.5 Å². The lowest BCUT2D eigenvalue weighted by atomic mass is 9.78. The van der Waals surface area contributed by atoms with Gasteiger partial charge in [0.05, 0.1) is 23.0 Å². The molecular formula is C25H24N2O4.